The Morgan fingerprint density at radius 2 is 0.744 bits per heavy atom. The molecule has 0 saturated carbocycles. The van der Waals surface area contributed by atoms with Crippen LogP contribution in [0.15, 0.2) is 36.5 Å². The van der Waals surface area contributed by atoms with Crippen molar-refractivity contribution in [2.24, 2.45) is 0 Å². The smallest absolute Gasteiger partial charge is 0.416 e. The van der Waals surface area contributed by atoms with E-state index in [1.165, 1.54) is 12.8 Å². The fourth-order valence-electron chi connectivity index (χ4n) is 6.58. The third kappa shape index (κ3) is 15.7. The monoisotopic (exact) mass is 626 g/mol. The van der Waals surface area contributed by atoms with Gasteiger partial charge < -0.3 is 8.85 Å². The van der Waals surface area contributed by atoms with E-state index in [4.69, 9.17) is 22.0 Å². The maximum Gasteiger partial charge on any atom is 2.00 e. The van der Waals surface area contributed by atoms with Gasteiger partial charge in [-0.15, -0.1) is 0 Å². The third-order valence-electron chi connectivity index (χ3n) is 8.14. The zero-order valence-electron chi connectivity index (χ0n) is 28.3. The molecule has 0 bridgehead atoms. The summed E-state index contributed by atoms with van der Waals surface area (Å²) in [4.78, 5) is 0. The zero-order valence-corrected chi connectivity index (χ0v) is 33.2. The Kier molecular flexibility index (Phi) is 27.3. The zero-order chi connectivity index (χ0) is 29.8. The van der Waals surface area contributed by atoms with E-state index in [0.717, 1.165) is 38.9 Å². The van der Waals surface area contributed by atoms with Gasteiger partial charge in [-0.3, -0.25) is 13.2 Å². The van der Waals surface area contributed by atoms with Crippen LogP contribution in [0.25, 0.3) is 0 Å². The molecule has 224 valence electrons. The van der Waals surface area contributed by atoms with Crippen LogP contribution in [0.4, 0.5) is 0 Å². The first kappa shape index (κ1) is 43.4. The Morgan fingerprint density at radius 3 is 0.949 bits per heavy atom. The summed E-state index contributed by atoms with van der Waals surface area (Å²) in [5.41, 5.74) is 4.08. The molecule has 0 fully saturated rings. The minimum Gasteiger partial charge on any atom is -0.416 e. The van der Waals surface area contributed by atoms with Crippen LogP contribution in [-0.4, -0.2) is 29.8 Å². The minimum atomic E-state index is -1.65. The molecule has 0 N–H and O–H groups in total. The molecule has 0 aromatic heterocycles. The molecule has 0 heterocycles. The molecule has 0 atom stereocenters. The molecule has 0 amide bonds. The predicted octanol–water partition coefficient (Wildman–Crippen LogP) is 11.8. The van der Waals surface area contributed by atoms with Gasteiger partial charge in [0.25, 0.3) is 0 Å². The third-order valence-corrected chi connectivity index (χ3v) is 20.4. The van der Waals surface area contributed by atoms with Gasteiger partial charge in [0.05, 0.1) is 0 Å². The van der Waals surface area contributed by atoms with Gasteiger partial charge in [-0.25, -0.2) is 24.3 Å². The van der Waals surface area contributed by atoms with E-state index < -0.39 is 16.6 Å². The second-order valence-corrected chi connectivity index (χ2v) is 23.5. The molecule has 0 spiro atoms. The second kappa shape index (κ2) is 24.5. The molecule has 0 aliphatic heterocycles. The summed E-state index contributed by atoms with van der Waals surface area (Å²) < 4.78 is 13.0. The molecule has 0 aromatic rings. The Hall–Kier alpha value is -0.0629. The van der Waals surface area contributed by atoms with Gasteiger partial charge in [0.1, 0.15) is 0 Å². The normalized spacial score (nSPS) is 12.8. The van der Waals surface area contributed by atoms with Crippen LogP contribution < -0.4 is 0 Å². The Labute approximate surface area is 261 Å². The van der Waals surface area contributed by atoms with Crippen molar-refractivity contribution in [1.82, 2.24) is 0 Å². The Balaban J connectivity index is -0.000000648. The van der Waals surface area contributed by atoms with Gasteiger partial charge in [0.2, 0.25) is 0 Å². The van der Waals surface area contributed by atoms with Gasteiger partial charge in [0.15, 0.2) is 16.6 Å². The molecule has 5 heteroatoms. The average Bonchev–Trinajstić information content (AvgIpc) is 2.81. The maximum absolute atomic E-state index is 6.50. The van der Waals surface area contributed by atoms with Crippen molar-refractivity contribution in [3.63, 3.8) is 0 Å². The first-order valence-corrected chi connectivity index (χ1v) is 19.7. The van der Waals surface area contributed by atoms with E-state index >= 15 is 0 Å². The number of unbranched alkanes of at least 4 members (excludes halogenated alkanes) is 4. The number of rotatable bonds is 20. The van der Waals surface area contributed by atoms with E-state index in [1.54, 1.807) is 12.2 Å². The SMILES string of the molecule is [CH-]=C/C=C/CCCCO[Si](C(C)C)(C(C)C)C(C)C.[CH-]=C/C=C/CCCCO[Si](C(C)C)(C(C)C)C(C)C.[Zn+2]. The molecule has 0 radical (unpaired) electrons. The van der Waals surface area contributed by atoms with Gasteiger partial charge in [0, 0.05) is 13.2 Å². The number of hydrogen-bond donors (Lipinski definition) is 0. The summed E-state index contributed by atoms with van der Waals surface area (Å²) in [6, 6.07) is 0. The topological polar surface area (TPSA) is 18.5 Å². The Morgan fingerprint density at radius 1 is 0.487 bits per heavy atom. The van der Waals surface area contributed by atoms with Crippen molar-refractivity contribution in [3.05, 3.63) is 49.6 Å². The minimum absolute atomic E-state index is 0. The summed E-state index contributed by atoms with van der Waals surface area (Å²) in [6.45, 7) is 40.5. The molecule has 0 aromatic carbocycles. The molecule has 0 rings (SSSR count). The van der Waals surface area contributed by atoms with Crippen LogP contribution in [0.1, 0.15) is 122 Å². The van der Waals surface area contributed by atoms with Crippen LogP contribution in [0, 0.1) is 13.2 Å². The quantitative estimate of drug-likeness (QED) is 0.0578. The maximum atomic E-state index is 6.50. The fraction of sp³-hybridized carbons (Fsp3) is 0.765. The van der Waals surface area contributed by atoms with Gasteiger partial charge >= 0.3 is 19.5 Å². The molecular weight excluding hydrogens is 562 g/mol. The van der Waals surface area contributed by atoms with Crippen LogP contribution in [0.3, 0.4) is 0 Å². The van der Waals surface area contributed by atoms with Gasteiger partial charge in [-0.1, -0.05) is 95.9 Å². The van der Waals surface area contributed by atoms with Crippen molar-refractivity contribution in [2.75, 3.05) is 13.2 Å². The standard InChI is InChI=1S/2C17H33OSi.Zn/c2*1-8-9-10-11-12-13-14-18-19(15(2)3,16(4)5)17(6)7;/h2*1,8-10,15-17H,11-14H2,2-7H3;/q2*-1;+2/b2*10-9+;. The van der Waals surface area contributed by atoms with E-state index in [2.05, 4.69) is 95.2 Å². The van der Waals surface area contributed by atoms with Crippen LogP contribution in [0.5, 0.6) is 0 Å². The van der Waals surface area contributed by atoms with Crippen molar-refractivity contribution in [3.8, 4) is 0 Å². The summed E-state index contributed by atoms with van der Waals surface area (Å²) >= 11 is 0. The van der Waals surface area contributed by atoms with Gasteiger partial charge in [-0.2, -0.15) is 12.2 Å². The largest absolute Gasteiger partial charge is 2.00 e. The molecule has 2 nitrogen and oxygen atoms in total. The number of allylic oxidation sites excluding steroid dienone is 6. The molecule has 0 unspecified atom stereocenters. The Bertz CT molecular complexity index is 552. The molecule has 0 aliphatic carbocycles. The van der Waals surface area contributed by atoms with Crippen LogP contribution in [0.2, 0.25) is 33.2 Å². The fourth-order valence-corrected chi connectivity index (χ4v) is 17.6. The first-order valence-electron chi connectivity index (χ1n) is 15.5. The summed E-state index contributed by atoms with van der Waals surface area (Å²) in [7, 11) is -3.29. The summed E-state index contributed by atoms with van der Waals surface area (Å²) in [5.74, 6) is 0. The van der Waals surface area contributed by atoms with Crippen LogP contribution >= 0.6 is 0 Å². The van der Waals surface area contributed by atoms with Crippen LogP contribution in [-0.2, 0) is 28.3 Å². The van der Waals surface area contributed by atoms with Crippen molar-refractivity contribution < 1.29 is 28.3 Å². The average molecular weight is 628 g/mol. The number of hydrogen-bond acceptors (Lipinski definition) is 2. The van der Waals surface area contributed by atoms with Crippen molar-refractivity contribution in [2.45, 2.75) is 155 Å². The molecule has 39 heavy (non-hydrogen) atoms. The van der Waals surface area contributed by atoms with E-state index in [-0.39, 0.29) is 19.5 Å². The molecule has 0 saturated heterocycles. The van der Waals surface area contributed by atoms with E-state index in [0.29, 0.717) is 33.2 Å². The first-order chi connectivity index (χ1) is 17.8. The molecular formula is C34H66O2Si2Zn. The summed E-state index contributed by atoms with van der Waals surface area (Å²) in [6.07, 6.45) is 18.1. The van der Waals surface area contributed by atoms with Crippen molar-refractivity contribution in [1.29, 1.82) is 0 Å². The molecule has 0 aliphatic rings. The second-order valence-electron chi connectivity index (χ2n) is 12.6. The van der Waals surface area contributed by atoms with E-state index in [1.807, 2.05) is 12.2 Å². The van der Waals surface area contributed by atoms with Crippen molar-refractivity contribution >= 4 is 16.6 Å². The summed E-state index contributed by atoms with van der Waals surface area (Å²) in [5, 5.41) is 0. The predicted molar refractivity (Wildman–Crippen MR) is 178 cm³/mol. The van der Waals surface area contributed by atoms with E-state index in [9.17, 15) is 0 Å². The van der Waals surface area contributed by atoms with Gasteiger partial charge in [-0.05, 0) is 58.9 Å².